The summed E-state index contributed by atoms with van der Waals surface area (Å²) in [4.78, 5) is 0. The number of halogens is 3. The zero-order chi connectivity index (χ0) is 10.2. The Balaban J connectivity index is 3.38. The van der Waals surface area contributed by atoms with Crippen molar-refractivity contribution in [2.45, 2.75) is 26.2 Å². The molecule has 0 amide bonds. The van der Waals surface area contributed by atoms with Gasteiger partial charge in [0, 0.05) is 15.1 Å². The summed E-state index contributed by atoms with van der Waals surface area (Å²) in [5, 5.41) is 0.414. The summed E-state index contributed by atoms with van der Waals surface area (Å²) in [6.45, 7) is 5.89. The molecule has 1 aromatic rings. The lowest BCUT2D eigenvalue weighted by molar-refractivity contribution is 0.520. The maximum absolute atomic E-state index is 13.5. The van der Waals surface area contributed by atoms with Crippen LogP contribution in [-0.2, 0) is 5.41 Å². The van der Waals surface area contributed by atoms with Gasteiger partial charge in [-0.25, -0.2) is 4.39 Å². The first-order valence-corrected chi connectivity index (χ1v) is 5.14. The van der Waals surface area contributed by atoms with Gasteiger partial charge >= 0.3 is 0 Å². The van der Waals surface area contributed by atoms with Gasteiger partial charge in [-0.05, 0) is 17.5 Å². The lowest BCUT2D eigenvalue weighted by Crippen LogP contribution is -2.14. The Morgan fingerprint density at radius 3 is 2.23 bits per heavy atom. The van der Waals surface area contributed by atoms with Crippen LogP contribution in [0, 0.1) is 5.82 Å². The first-order valence-electron chi connectivity index (χ1n) is 3.97. The van der Waals surface area contributed by atoms with E-state index in [1.165, 1.54) is 6.07 Å². The number of hydrogen-bond donors (Lipinski definition) is 0. The van der Waals surface area contributed by atoms with Gasteiger partial charge in [-0.1, -0.05) is 48.3 Å². The molecule has 0 unspecified atom stereocenters. The molecular formula is C10H11BrClF. The Bertz CT molecular complexity index is 305. The maximum Gasteiger partial charge on any atom is 0.129 e. The van der Waals surface area contributed by atoms with E-state index < -0.39 is 0 Å². The van der Waals surface area contributed by atoms with Crippen LogP contribution in [0.1, 0.15) is 26.3 Å². The van der Waals surface area contributed by atoms with E-state index in [-0.39, 0.29) is 11.2 Å². The Hall–Kier alpha value is -0.0800. The van der Waals surface area contributed by atoms with Crippen molar-refractivity contribution in [1.82, 2.24) is 0 Å². The van der Waals surface area contributed by atoms with Crippen LogP contribution >= 0.6 is 27.5 Å². The molecule has 13 heavy (non-hydrogen) atoms. The Morgan fingerprint density at radius 1 is 1.31 bits per heavy atom. The SMILES string of the molecule is CC(C)(C)c1c(F)cc(Cl)cc1Br. The fourth-order valence-electron chi connectivity index (χ4n) is 1.26. The molecule has 0 aliphatic heterocycles. The number of rotatable bonds is 0. The van der Waals surface area contributed by atoms with Crippen LogP contribution in [0.25, 0.3) is 0 Å². The Labute approximate surface area is 91.2 Å². The van der Waals surface area contributed by atoms with Crippen LogP contribution < -0.4 is 0 Å². The normalized spacial score (nSPS) is 11.8. The number of benzene rings is 1. The van der Waals surface area contributed by atoms with Gasteiger partial charge in [0.05, 0.1) is 0 Å². The molecule has 0 spiro atoms. The third kappa shape index (κ3) is 2.44. The van der Waals surface area contributed by atoms with Crippen LogP contribution in [-0.4, -0.2) is 0 Å². The van der Waals surface area contributed by atoms with E-state index in [9.17, 15) is 4.39 Å². The first kappa shape index (κ1) is 11.0. The molecule has 0 bridgehead atoms. The molecule has 0 aliphatic carbocycles. The van der Waals surface area contributed by atoms with Crippen molar-refractivity contribution < 1.29 is 4.39 Å². The summed E-state index contributed by atoms with van der Waals surface area (Å²) >= 11 is 9.01. The van der Waals surface area contributed by atoms with Gasteiger partial charge in [0.25, 0.3) is 0 Å². The minimum Gasteiger partial charge on any atom is -0.207 e. The molecule has 0 atom stereocenters. The van der Waals surface area contributed by atoms with Gasteiger partial charge in [-0.2, -0.15) is 0 Å². The molecule has 1 rings (SSSR count). The third-order valence-electron chi connectivity index (χ3n) is 1.76. The monoisotopic (exact) mass is 264 g/mol. The van der Waals surface area contributed by atoms with E-state index >= 15 is 0 Å². The van der Waals surface area contributed by atoms with Crippen molar-refractivity contribution in [3.05, 3.63) is 33.0 Å². The fourth-order valence-corrected chi connectivity index (χ4v) is 2.63. The zero-order valence-electron chi connectivity index (χ0n) is 7.79. The average Bonchev–Trinajstić information content (AvgIpc) is 1.78. The molecule has 0 saturated carbocycles. The summed E-state index contributed by atoms with van der Waals surface area (Å²) in [7, 11) is 0. The Kier molecular flexibility index (Phi) is 3.03. The van der Waals surface area contributed by atoms with Crippen LogP contribution in [0.15, 0.2) is 16.6 Å². The van der Waals surface area contributed by atoms with Crippen LogP contribution in [0.3, 0.4) is 0 Å². The van der Waals surface area contributed by atoms with Crippen molar-refractivity contribution in [3.63, 3.8) is 0 Å². The summed E-state index contributed by atoms with van der Waals surface area (Å²) in [5.41, 5.74) is 0.449. The van der Waals surface area contributed by atoms with E-state index in [4.69, 9.17) is 11.6 Å². The molecule has 0 radical (unpaired) electrons. The van der Waals surface area contributed by atoms with Gasteiger partial charge in [0.1, 0.15) is 5.82 Å². The molecular weight excluding hydrogens is 254 g/mol. The van der Waals surface area contributed by atoms with Crippen molar-refractivity contribution in [1.29, 1.82) is 0 Å². The molecule has 1 aromatic carbocycles. The molecule has 0 fully saturated rings. The highest BCUT2D eigenvalue weighted by Gasteiger charge is 2.21. The van der Waals surface area contributed by atoms with Gasteiger partial charge in [0.2, 0.25) is 0 Å². The highest BCUT2D eigenvalue weighted by atomic mass is 79.9. The van der Waals surface area contributed by atoms with E-state index in [2.05, 4.69) is 15.9 Å². The average molecular weight is 266 g/mol. The molecule has 0 saturated heterocycles. The second kappa shape index (κ2) is 3.58. The molecule has 3 heteroatoms. The van der Waals surface area contributed by atoms with E-state index in [1.54, 1.807) is 6.07 Å². The molecule has 0 N–H and O–H groups in total. The lowest BCUT2D eigenvalue weighted by Gasteiger charge is -2.21. The summed E-state index contributed by atoms with van der Waals surface area (Å²) in [6.07, 6.45) is 0. The van der Waals surface area contributed by atoms with Gasteiger partial charge in [0.15, 0.2) is 0 Å². The van der Waals surface area contributed by atoms with Crippen LogP contribution in [0.2, 0.25) is 5.02 Å². The minimum absolute atomic E-state index is 0.215. The van der Waals surface area contributed by atoms with E-state index in [1.807, 2.05) is 20.8 Å². The smallest absolute Gasteiger partial charge is 0.129 e. The largest absolute Gasteiger partial charge is 0.207 e. The van der Waals surface area contributed by atoms with Gasteiger partial charge < -0.3 is 0 Å². The quantitative estimate of drug-likeness (QED) is 0.646. The van der Waals surface area contributed by atoms with Crippen molar-refractivity contribution in [2.24, 2.45) is 0 Å². The van der Waals surface area contributed by atoms with Gasteiger partial charge in [-0.15, -0.1) is 0 Å². The highest BCUT2D eigenvalue weighted by molar-refractivity contribution is 9.10. The third-order valence-corrected chi connectivity index (χ3v) is 2.60. The summed E-state index contributed by atoms with van der Waals surface area (Å²) in [6, 6.07) is 3.05. The van der Waals surface area contributed by atoms with Crippen molar-refractivity contribution in [3.8, 4) is 0 Å². The molecule has 0 aromatic heterocycles. The fraction of sp³-hybridized carbons (Fsp3) is 0.400. The second-order valence-electron chi connectivity index (χ2n) is 3.99. The predicted octanol–water partition coefficient (Wildman–Crippen LogP) is 4.54. The standard InChI is InChI=1S/C10H11BrClF/c1-10(2,3)9-7(11)4-6(12)5-8(9)13/h4-5H,1-3H3. The van der Waals surface area contributed by atoms with Crippen LogP contribution in [0.4, 0.5) is 4.39 Å². The molecule has 0 aliphatic rings. The summed E-state index contributed by atoms with van der Waals surface area (Å²) in [5.74, 6) is -0.258. The topological polar surface area (TPSA) is 0 Å². The molecule has 0 nitrogen and oxygen atoms in total. The van der Waals surface area contributed by atoms with Crippen molar-refractivity contribution >= 4 is 27.5 Å². The maximum atomic E-state index is 13.5. The van der Waals surface area contributed by atoms with E-state index in [0.717, 1.165) is 4.47 Å². The predicted molar refractivity (Wildman–Crippen MR) is 57.8 cm³/mol. The van der Waals surface area contributed by atoms with Crippen LogP contribution in [0.5, 0.6) is 0 Å². The second-order valence-corrected chi connectivity index (χ2v) is 5.29. The zero-order valence-corrected chi connectivity index (χ0v) is 10.1. The van der Waals surface area contributed by atoms with Crippen molar-refractivity contribution in [2.75, 3.05) is 0 Å². The molecule has 0 heterocycles. The minimum atomic E-state index is -0.258. The van der Waals surface area contributed by atoms with Gasteiger partial charge in [-0.3, -0.25) is 0 Å². The summed E-state index contributed by atoms with van der Waals surface area (Å²) < 4.78 is 14.2. The van der Waals surface area contributed by atoms with E-state index in [0.29, 0.717) is 10.6 Å². The first-order chi connectivity index (χ1) is 5.82. The highest BCUT2D eigenvalue weighted by Crippen LogP contribution is 2.34. The Morgan fingerprint density at radius 2 is 1.85 bits per heavy atom. The molecule has 72 valence electrons. The lowest BCUT2D eigenvalue weighted by atomic mass is 9.87. The number of hydrogen-bond acceptors (Lipinski definition) is 0.